The summed E-state index contributed by atoms with van der Waals surface area (Å²) in [6.07, 6.45) is 2.75. The zero-order chi connectivity index (χ0) is 44.9. The van der Waals surface area contributed by atoms with Gasteiger partial charge in [-0.1, -0.05) is 58.0 Å². The summed E-state index contributed by atoms with van der Waals surface area (Å²) < 4.78 is 42.6. The Bertz CT molecular complexity index is 2680. The Hall–Kier alpha value is -6.65. The molecule has 0 bridgehead atoms. The second kappa shape index (κ2) is 16.9. The van der Waals surface area contributed by atoms with E-state index in [1.165, 1.54) is 26.4 Å². The van der Waals surface area contributed by atoms with E-state index in [1.807, 2.05) is 27.7 Å². The van der Waals surface area contributed by atoms with Gasteiger partial charge in [-0.2, -0.15) is 8.78 Å². The Morgan fingerprint density at radius 1 is 0.730 bits per heavy atom. The third-order valence-corrected chi connectivity index (χ3v) is 12.5. The summed E-state index contributed by atoms with van der Waals surface area (Å²) in [7, 11) is 2.47. The lowest BCUT2D eigenvalue weighted by Gasteiger charge is -2.30. The van der Waals surface area contributed by atoms with Crippen LogP contribution in [0.2, 0.25) is 0 Å². The van der Waals surface area contributed by atoms with Crippen LogP contribution in [-0.2, 0) is 25.0 Å². The zero-order valence-electron chi connectivity index (χ0n) is 35.9. The molecule has 1 aliphatic carbocycles. The molecule has 0 radical (unpaired) electrons. The molecule has 4 N–H and O–H groups in total. The Labute approximate surface area is 362 Å². The first kappa shape index (κ1) is 43.0. The number of ether oxygens (including phenoxy) is 2. The lowest BCUT2D eigenvalue weighted by molar-refractivity contribution is -0.136. The van der Waals surface area contributed by atoms with E-state index < -0.39 is 41.8 Å². The first-order valence-corrected chi connectivity index (χ1v) is 21.2. The maximum absolute atomic E-state index is 16.6. The third-order valence-electron chi connectivity index (χ3n) is 12.5. The average Bonchev–Trinajstić information content (AvgIpc) is 4.10. The van der Waals surface area contributed by atoms with E-state index in [9.17, 15) is 24.0 Å². The van der Waals surface area contributed by atoms with Crippen LogP contribution in [0.3, 0.4) is 0 Å². The van der Waals surface area contributed by atoms with Gasteiger partial charge in [0.05, 0.1) is 49.1 Å². The normalized spacial score (nSPS) is 18.6. The summed E-state index contributed by atoms with van der Waals surface area (Å²) >= 11 is 0. The second-order valence-electron chi connectivity index (χ2n) is 17.1. The van der Waals surface area contributed by atoms with Crippen LogP contribution in [0.5, 0.6) is 0 Å². The van der Waals surface area contributed by atoms with Crippen LogP contribution in [0.25, 0.3) is 44.4 Å². The number of hydrogen-bond acceptors (Lipinski definition) is 9. The third kappa shape index (κ3) is 7.88. The minimum atomic E-state index is -3.35. The number of hydrogen-bond donors (Lipinski definition) is 4. The molecule has 63 heavy (non-hydrogen) atoms. The number of fused-ring (bicyclic) bond motifs is 4. The molecule has 0 saturated carbocycles. The molecular formula is C46H50F2N8O7. The molecule has 330 valence electrons. The van der Waals surface area contributed by atoms with E-state index in [0.29, 0.717) is 88.4 Å². The topological polar surface area (TPSA) is 192 Å². The van der Waals surface area contributed by atoms with E-state index in [1.54, 1.807) is 58.5 Å². The fourth-order valence-corrected chi connectivity index (χ4v) is 9.10. The number of alkyl halides is 2. The van der Waals surface area contributed by atoms with Crippen molar-refractivity contribution in [2.75, 3.05) is 27.3 Å². The second-order valence-corrected chi connectivity index (χ2v) is 17.1. The molecule has 0 spiro atoms. The summed E-state index contributed by atoms with van der Waals surface area (Å²) in [4.78, 5) is 83.6. The number of carbonyl (C=O) groups is 4. The Morgan fingerprint density at radius 3 is 1.79 bits per heavy atom. The number of imidazole rings is 1. The molecule has 17 heteroatoms. The highest BCUT2D eigenvalue weighted by Gasteiger charge is 2.45. The summed E-state index contributed by atoms with van der Waals surface area (Å²) in [5, 5.41) is 5.57. The van der Waals surface area contributed by atoms with Crippen molar-refractivity contribution in [1.29, 1.82) is 0 Å². The summed E-state index contributed by atoms with van der Waals surface area (Å²) in [6, 6.07) is 12.3. The molecule has 5 aromatic rings. The quantitative estimate of drug-likeness (QED) is 0.113. The number of alkyl carbamates (subject to hydrolysis) is 2. The molecule has 2 aromatic heterocycles. The van der Waals surface area contributed by atoms with Crippen LogP contribution >= 0.6 is 0 Å². The number of nitrogens with one attached hydrogen (secondary N) is 4. The van der Waals surface area contributed by atoms with Crippen molar-refractivity contribution in [3.05, 3.63) is 93.9 Å². The predicted molar refractivity (Wildman–Crippen MR) is 230 cm³/mol. The number of aromatic amines is 2. The number of likely N-dealkylation sites (tertiary alicyclic amines) is 2. The molecule has 2 saturated heterocycles. The maximum Gasteiger partial charge on any atom is 0.407 e. The minimum absolute atomic E-state index is 0.150. The highest BCUT2D eigenvalue weighted by Crippen LogP contribution is 2.53. The van der Waals surface area contributed by atoms with Crippen LogP contribution in [0, 0.1) is 11.8 Å². The van der Waals surface area contributed by atoms with Gasteiger partial charge in [-0.3, -0.25) is 14.4 Å². The molecule has 2 aliphatic heterocycles. The maximum atomic E-state index is 16.6. The van der Waals surface area contributed by atoms with Gasteiger partial charge >= 0.3 is 12.2 Å². The molecule has 15 nitrogen and oxygen atoms in total. The highest BCUT2D eigenvalue weighted by molar-refractivity contribution is 5.89. The van der Waals surface area contributed by atoms with Crippen LogP contribution < -0.4 is 16.2 Å². The molecule has 3 aromatic carbocycles. The number of nitrogens with zero attached hydrogens (tertiary/aromatic N) is 4. The molecule has 2 fully saturated rings. The van der Waals surface area contributed by atoms with Crippen molar-refractivity contribution < 1.29 is 37.4 Å². The Balaban J connectivity index is 1.04. The van der Waals surface area contributed by atoms with Crippen LogP contribution in [0.1, 0.15) is 88.2 Å². The van der Waals surface area contributed by atoms with Gasteiger partial charge in [-0.05, 0) is 84.0 Å². The first-order chi connectivity index (χ1) is 30.1. The molecule has 8 rings (SSSR count). The highest BCUT2D eigenvalue weighted by atomic mass is 19.3. The lowest BCUT2D eigenvalue weighted by Crippen LogP contribution is -2.51. The SMILES string of the molecule is COC(=O)N[C@H](C(=O)N1CCC[C@H]1c1ncc(-c2ccc3c(c2)C(F)(F)c2cc(-c4ccc5c(=O)[nH]c([C@@H]6CCCN6C(=O)[C@@H](NC(=O)OC)C(C)C)nc5c4)ccc2-3)[nH]1)C(C)C. The van der Waals surface area contributed by atoms with Crippen LogP contribution in [0.15, 0.2) is 65.6 Å². The number of H-pyrrole nitrogens is 2. The van der Waals surface area contributed by atoms with Crippen LogP contribution in [-0.4, -0.2) is 93.1 Å². The van der Waals surface area contributed by atoms with Crippen molar-refractivity contribution in [3.63, 3.8) is 0 Å². The number of halogens is 2. The molecule has 4 atom stereocenters. The van der Waals surface area contributed by atoms with Crippen molar-refractivity contribution in [3.8, 4) is 33.5 Å². The van der Waals surface area contributed by atoms with E-state index in [2.05, 4.69) is 25.6 Å². The predicted octanol–water partition coefficient (Wildman–Crippen LogP) is 7.19. The van der Waals surface area contributed by atoms with Gasteiger partial charge in [0.25, 0.3) is 11.5 Å². The van der Waals surface area contributed by atoms with Gasteiger partial charge in [0.2, 0.25) is 11.8 Å². The van der Waals surface area contributed by atoms with E-state index >= 15 is 8.78 Å². The number of aromatic nitrogens is 4. The van der Waals surface area contributed by atoms with Crippen LogP contribution in [0.4, 0.5) is 18.4 Å². The van der Waals surface area contributed by atoms with Gasteiger partial charge in [0, 0.05) is 29.8 Å². The first-order valence-electron chi connectivity index (χ1n) is 21.2. The fraction of sp³-hybridized carbons (Fsp3) is 0.413. The van der Waals surface area contributed by atoms with E-state index in [4.69, 9.17) is 14.5 Å². The Kier molecular flexibility index (Phi) is 11.5. The smallest absolute Gasteiger partial charge is 0.407 e. The Morgan fingerprint density at radius 2 is 1.24 bits per heavy atom. The zero-order valence-corrected chi connectivity index (χ0v) is 35.9. The number of benzene rings is 3. The number of methoxy groups -OCH3 is 2. The van der Waals surface area contributed by atoms with E-state index in [0.717, 1.165) is 6.42 Å². The molecule has 3 aliphatic rings. The molecule has 4 heterocycles. The van der Waals surface area contributed by atoms with Gasteiger partial charge in [0.1, 0.15) is 23.7 Å². The summed E-state index contributed by atoms with van der Waals surface area (Å²) in [5.74, 6) is -3.52. The average molecular weight is 865 g/mol. The van der Waals surface area contributed by atoms with Crippen molar-refractivity contribution >= 4 is 34.9 Å². The van der Waals surface area contributed by atoms with Gasteiger partial charge in [0.15, 0.2) is 0 Å². The standard InChI is InChI=1S/C46H50F2N8O7/c1-23(2)37(52-44(60)62-5)42(58)55-17-7-9-35(55)39-49-22-34(51-39)27-13-15-29-28-14-11-25(19-31(28)46(47,48)32(29)20-27)26-12-16-30-33(21-26)50-40(54-41(30)57)36-10-8-18-56(36)43(59)38(24(3)4)53-45(61)63-6/h11-16,19-24,35-38H,7-10,17-18H2,1-6H3,(H,49,51)(H,52,60)(H,53,61)(H,50,54,57)/t35-,36-,37-,38-/m0/s1. The fourth-order valence-electron chi connectivity index (χ4n) is 9.10. The number of rotatable bonds is 10. The monoisotopic (exact) mass is 864 g/mol. The van der Waals surface area contributed by atoms with Gasteiger partial charge in [-0.25, -0.2) is 19.6 Å². The summed E-state index contributed by atoms with van der Waals surface area (Å²) in [5.41, 5.74) is 2.57. The molecular weight excluding hydrogens is 815 g/mol. The number of amides is 4. The number of carbonyl (C=O) groups excluding carboxylic acids is 4. The molecule has 4 amide bonds. The summed E-state index contributed by atoms with van der Waals surface area (Å²) in [6.45, 7) is 8.20. The minimum Gasteiger partial charge on any atom is -0.453 e. The van der Waals surface area contributed by atoms with E-state index in [-0.39, 0.29) is 40.8 Å². The van der Waals surface area contributed by atoms with Gasteiger partial charge < -0.3 is 39.9 Å². The van der Waals surface area contributed by atoms with Crippen molar-refractivity contribution in [1.82, 2.24) is 40.4 Å². The van der Waals surface area contributed by atoms with Crippen molar-refractivity contribution in [2.45, 2.75) is 83.5 Å². The largest absolute Gasteiger partial charge is 0.453 e. The van der Waals surface area contributed by atoms with Crippen molar-refractivity contribution in [2.24, 2.45) is 11.8 Å². The molecule has 0 unspecified atom stereocenters. The van der Waals surface area contributed by atoms with Gasteiger partial charge in [-0.15, -0.1) is 0 Å². The lowest BCUT2D eigenvalue weighted by atomic mass is 9.97.